The van der Waals surface area contributed by atoms with Crippen LogP contribution in [-0.2, 0) is 10.0 Å². The summed E-state index contributed by atoms with van der Waals surface area (Å²) in [4.78, 5) is 4.75. The Morgan fingerprint density at radius 3 is 2.58 bits per heavy atom. The Bertz CT molecular complexity index is 1310. The smallest absolute Gasteiger partial charge is 0.262 e. The van der Waals surface area contributed by atoms with Gasteiger partial charge in [-0.05, 0) is 67.9 Å². The molecule has 0 aliphatic carbocycles. The third-order valence-corrected chi connectivity index (χ3v) is 6.22. The lowest BCUT2D eigenvalue weighted by molar-refractivity contribution is 0.337. The molecule has 0 saturated carbocycles. The number of methoxy groups -OCH3 is 1. The van der Waals surface area contributed by atoms with Crippen molar-refractivity contribution in [3.63, 3.8) is 0 Å². The summed E-state index contributed by atoms with van der Waals surface area (Å²) in [5.74, 6) is 1.08. The molecule has 0 amide bonds. The number of imidazole rings is 1. The van der Waals surface area contributed by atoms with Gasteiger partial charge in [-0.15, -0.1) is 0 Å². The van der Waals surface area contributed by atoms with Crippen molar-refractivity contribution in [2.45, 2.75) is 18.7 Å². The molecule has 0 bridgehead atoms. The summed E-state index contributed by atoms with van der Waals surface area (Å²) in [5, 5.41) is 0. The monoisotopic (exact) mass is 437 g/mol. The Kier molecular flexibility index (Phi) is 5.56. The first-order chi connectivity index (χ1) is 14.9. The summed E-state index contributed by atoms with van der Waals surface area (Å²) in [6.45, 7) is 4.21. The molecule has 0 spiro atoms. The number of rotatable bonds is 7. The Balaban J connectivity index is 1.70. The van der Waals surface area contributed by atoms with E-state index in [-0.39, 0.29) is 4.90 Å². The number of pyridine rings is 1. The average Bonchev–Trinajstić information content (AvgIpc) is 3.19. The first kappa shape index (κ1) is 20.7. The van der Waals surface area contributed by atoms with Gasteiger partial charge < -0.3 is 13.9 Å². The molecule has 0 aliphatic rings. The van der Waals surface area contributed by atoms with Gasteiger partial charge in [0.15, 0.2) is 0 Å². The van der Waals surface area contributed by atoms with Crippen LogP contribution >= 0.6 is 0 Å². The zero-order valence-electron chi connectivity index (χ0n) is 17.5. The maximum atomic E-state index is 13.1. The summed E-state index contributed by atoms with van der Waals surface area (Å²) in [5.41, 5.74) is 3.38. The number of ether oxygens (including phenoxy) is 2. The predicted octanol–water partition coefficient (Wildman–Crippen LogP) is 4.52. The number of nitrogens with one attached hydrogen (secondary N) is 1. The lowest BCUT2D eigenvalue weighted by atomic mass is 10.1. The molecule has 0 radical (unpaired) electrons. The topological polar surface area (TPSA) is 81.9 Å². The molecule has 7 nitrogen and oxygen atoms in total. The molecule has 0 atom stereocenters. The fourth-order valence-electron chi connectivity index (χ4n) is 3.33. The van der Waals surface area contributed by atoms with E-state index in [4.69, 9.17) is 9.47 Å². The van der Waals surface area contributed by atoms with Crippen molar-refractivity contribution in [2.75, 3.05) is 18.4 Å². The largest absolute Gasteiger partial charge is 0.495 e. The highest BCUT2D eigenvalue weighted by Gasteiger charge is 2.19. The number of nitrogens with zero attached hydrogens (tertiary/aromatic N) is 2. The number of aromatic nitrogens is 2. The molecule has 0 saturated heterocycles. The van der Waals surface area contributed by atoms with E-state index in [0.29, 0.717) is 23.8 Å². The number of anilines is 1. The van der Waals surface area contributed by atoms with Gasteiger partial charge in [0.05, 0.1) is 30.0 Å². The molecule has 2 aromatic heterocycles. The minimum Gasteiger partial charge on any atom is -0.495 e. The first-order valence-corrected chi connectivity index (χ1v) is 11.3. The zero-order chi connectivity index (χ0) is 22.0. The molecule has 4 rings (SSSR count). The van der Waals surface area contributed by atoms with Crippen molar-refractivity contribution >= 4 is 21.4 Å². The molecule has 0 fully saturated rings. The third kappa shape index (κ3) is 4.20. The van der Waals surface area contributed by atoms with Crippen LogP contribution in [0.15, 0.2) is 71.9 Å². The van der Waals surface area contributed by atoms with E-state index in [2.05, 4.69) is 9.71 Å². The van der Waals surface area contributed by atoms with Crippen molar-refractivity contribution in [1.82, 2.24) is 9.38 Å². The van der Waals surface area contributed by atoms with E-state index in [9.17, 15) is 8.42 Å². The molecule has 1 N–H and O–H groups in total. The SMILES string of the molecule is CCOc1ccc(S(=O)(=O)Nc2cc(-c3cn4ccccc4n3)ccc2OC)cc1C. The molecular formula is C23H23N3O4S. The van der Waals surface area contributed by atoms with Gasteiger partial charge in [0, 0.05) is 18.0 Å². The lowest BCUT2D eigenvalue weighted by Gasteiger charge is -2.14. The molecule has 0 aliphatic heterocycles. The number of aryl methyl sites for hydroxylation is 1. The molecule has 4 aromatic rings. The fourth-order valence-corrected chi connectivity index (χ4v) is 4.48. The summed E-state index contributed by atoms with van der Waals surface area (Å²) in [7, 11) is -2.34. The highest BCUT2D eigenvalue weighted by molar-refractivity contribution is 7.92. The molecule has 0 unspecified atom stereocenters. The van der Waals surface area contributed by atoms with Crippen LogP contribution in [0.4, 0.5) is 5.69 Å². The van der Waals surface area contributed by atoms with Crippen molar-refractivity contribution in [2.24, 2.45) is 0 Å². The molecule has 8 heteroatoms. The standard InChI is InChI=1S/C23H23N3O4S/c1-4-30-21-11-9-18(13-16(21)2)31(27,28)25-19-14-17(8-10-22(19)29-3)20-15-26-12-6-5-7-23(26)24-20/h5-15,25H,4H2,1-3H3. The van der Waals surface area contributed by atoms with E-state index in [1.54, 1.807) is 24.3 Å². The predicted molar refractivity (Wildman–Crippen MR) is 120 cm³/mol. The molecule has 31 heavy (non-hydrogen) atoms. The number of hydrogen-bond donors (Lipinski definition) is 1. The van der Waals surface area contributed by atoms with Crippen LogP contribution in [0.1, 0.15) is 12.5 Å². The van der Waals surface area contributed by atoms with E-state index in [1.165, 1.54) is 13.2 Å². The highest BCUT2D eigenvalue weighted by atomic mass is 32.2. The normalized spacial score (nSPS) is 11.5. The van der Waals surface area contributed by atoms with Crippen molar-refractivity contribution in [1.29, 1.82) is 0 Å². The Morgan fingerprint density at radius 2 is 1.87 bits per heavy atom. The van der Waals surface area contributed by atoms with Crippen LogP contribution < -0.4 is 14.2 Å². The van der Waals surface area contributed by atoms with E-state index < -0.39 is 10.0 Å². The van der Waals surface area contributed by atoms with Gasteiger partial charge in [-0.25, -0.2) is 13.4 Å². The third-order valence-electron chi connectivity index (χ3n) is 4.86. The number of sulfonamides is 1. The Labute approximate surface area is 181 Å². The summed E-state index contributed by atoms with van der Waals surface area (Å²) in [6.07, 6.45) is 3.80. The van der Waals surface area contributed by atoms with E-state index in [0.717, 1.165) is 22.5 Å². The van der Waals surface area contributed by atoms with Gasteiger partial charge >= 0.3 is 0 Å². The van der Waals surface area contributed by atoms with Crippen LogP contribution in [0.2, 0.25) is 0 Å². The van der Waals surface area contributed by atoms with Crippen molar-refractivity contribution < 1.29 is 17.9 Å². The van der Waals surface area contributed by atoms with Gasteiger partial charge in [-0.1, -0.05) is 6.07 Å². The summed E-state index contributed by atoms with van der Waals surface area (Å²) < 4.78 is 41.5. The first-order valence-electron chi connectivity index (χ1n) is 9.79. The van der Waals surface area contributed by atoms with Gasteiger partial charge in [-0.2, -0.15) is 0 Å². The lowest BCUT2D eigenvalue weighted by Crippen LogP contribution is -2.14. The maximum absolute atomic E-state index is 13.1. The summed E-state index contributed by atoms with van der Waals surface area (Å²) in [6, 6.07) is 15.8. The van der Waals surface area contributed by atoms with Crippen LogP contribution in [-0.4, -0.2) is 31.5 Å². The Hall–Kier alpha value is -3.52. The Morgan fingerprint density at radius 1 is 1.06 bits per heavy atom. The van der Waals surface area contributed by atoms with Crippen LogP contribution in [0, 0.1) is 6.92 Å². The quantitative estimate of drug-likeness (QED) is 0.460. The zero-order valence-corrected chi connectivity index (χ0v) is 18.3. The van der Waals surface area contributed by atoms with Crippen molar-refractivity contribution in [3.05, 3.63) is 72.6 Å². The molecule has 160 valence electrons. The van der Waals surface area contributed by atoms with Crippen molar-refractivity contribution in [3.8, 4) is 22.8 Å². The minimum atomic E-state index is -3.83. The van der Waals surface area contributed by atoms with Crippen LogP contribution in [0.3, 0.4) is 0 Å². The van der Waals surface area contributed by atoms with Gasteiger partial charge in [0.1, 0.15) is 17.1 Å². The summed E-state index contributed by atoms with van der Waals surface area (Å²) >= 11 is 0. The molecule has 2 heterocycles. The van der Waals surface area contributed by atoms with Gasteiger partial charge in [0.2, 0.25) is 0 Å². The highest BCUT2D eigenvalue weighted by Crippen LogP contribution is 2.32. The average molecular weight is 438 g/mol. The van der Waals surface area contributed by atoms with Gasteiger partial charge in [0.25, 0.3) is 10.0 Å². The second kappa shape index (κ2) is 8.31. The van der Waals surface area contributed by atoms with Gasteiger partial charge in [-0.3, -0.25) is 4.72 Å². The number of benzene rings is 2. The minimum absolute atomic E-state index is 0.147. The maximum Gasteiger partial charge on any atom is 0.262 e. The van der Waals surface area contributed by atoms with Crippen LogP contribution in [0.25, 0.3) is 16.9 Å². The molecular weight excluding hydrogens is 414 g/mol. The van der Waals surface area contributed by atoms with E-state index in [1.807, 2.05) is 54.9 Å². The number of fused-ring (bicyclic) bond motifs is 1. The second-order valence-electron chi connectivity index (χ2n) is 6.97. The van der Waals surface area contributed by atoms with E-state index >= 15 is 0 Å². The second-order valence-corrected chi connectivity index (χ2v) is 8.66. The number of hydrogen-bond acceptors (Lipinski definition) is 5. The van der Waals surface area contributed by atoms with Crippen LogP contribution in [0.5, 0.6) is 11.5 Å². The fraction of sp³-hybridized carbons (Fsp3) is 0.174. The molecule has 2 aromatic carbocycles.